The van der Waals surface area contributed by atoms with Gasteiger partial charge >= 0.3 is 0 Å². The molecule has 0 aliphatic carbocycles. The van der Waals surface area contributed by atoms with Crippen LogP contribution in [0.3, 0.4) is 0 Å². The van der Waals surface area contributed by atoms with Gasteiger partial charge < -0.3 is 15.8 Å². The zero-order valence-corrected chi connectivity index (χ0v) is 16.6. The summed E-state index contributed by atoms with van der Waals surface area (Å²) in [5, 5.41) is 6.50. The van der Waals surface area contributed by atoms with Crippen molar-refractivity contribution in [3.63, 3.8) is 0 Å². The van der Waals surface area contributed by atoms with E-state index in [0.29, 0.717) is 5.92 Å². The molecule has 0 bridgehead atoms. The van der Waals surface area contributed by atoms with Crippen molar-refractivity contribution in [1.82, 2.24) is 15.2 Å². The van der Waals surface area contributed by atoms with Crippen LogP contribution >= 0.6 is 11.3 Å². The number of aryl methyl sites for hydroxylation is 1. The molecule has 2 aliphatic rings. The molecule has 1 unspecified atom stereocenters. The maximum absolute atomic E-state index is 12.3. The highest BCUT2D eigenvalue weighted by molar-refractivity contribution is 7.09. The van der Waals surface area contributed by atoms with E-state index in [0.717, 1.165) is 71.5 Å². The standard InChI is InChI=1S/C19H32N4O2S/c1-2-17-22-16(13-26-17)12-23-7-3-14(4-8-23)11-21-19(24)18(20)15-5-9-25-10-6-15/h13-15,18H,2-12,20H2,1H3,(H,21,24). The Balaban J connectivity index is 1.35. The Labute approximate surface area is 160 Å². The molecular formula is C19H32N4O2S. The van der Waals surface area contributed by atoms with Crippen LogP contribution in [0.5, 0.6) is 0 Å². The second-order valence-electron chi connectivity index (χ2n) is 7.53. The van der Waals surface area contributed by atoms with Gasteiger partial charge in [-0.25, -0.2) is 4.98 Å². The van der Waals surface area contributed by atoms with Gasteiger partial charge in [0.2, 0.25) is 5.91 Å². The Morgan fingerprint density at radius 2 is 2.12 bits per heavy atom. The predicted molar refractivity (Wildman–Crippen MR) is 104 cm³/mol. The fraction of sp³-hybridized carbons (Fsp3) is 0.789. The van der Waals surface area contributed by atoms with Crippen molar-refractivity contribution in [3.05, 3.63) is 16.1 Å². The Morgan fingerprint density at radius 1 is 1.38 bits per heavy atom. The van der Waals surface area contributed by atoms with Crippen molar-refractivity contribution < 1.29 is 9.53 Å². The summed E-state index contributed by atoms with van der Waals surface area (Å²) < 4.78 is 5.35. The molecule has 3 heterocycles. The van der Waals surface area contributed by atoms with Gasteiger partial charge in [-0.2, -0.15) is 0 Å². The quantitative estimate of drug-likeness (QED) is 0.754. The summed E-state index contributed by atoms with van der Waals surface area (Å²) in [5.74, 6) is 0.823. The minimum Gasteiger partial charge on any atom is -0.381 e. The molecule has 0 radical (unpaired) electrons. The van der Waals surface area contributed by atoms with E-state index in [4.69, 9.17) is 10.5 Å². The average molecular weight is 381 g/mol. The second kappa shape index (κ2) is 9.78. The first-order chi connectivity index (χ1) is 12.7. The summed E-state index contributed by atoms with van der Waals surface area (Å²) >= 11 is 1.76. The highest BCUT2D eigenvalue weighted by Gasteiger charge is 2.27. The second-order valence-corrected chi connectivity index (χ2v) is 8.47. The van der Waals surface area contributed by atoms with Crippen LogP contribution in [0.25, 0.3) is 0 Å². The van der Waals surface area contributed by atoms with Crippen LogP contribution < -0.4 is 11.1 Å². The van der Waals surface area contributed by atoms with Gasteiger partial charge in [0.1, 0.15) is 0 Å². The zero-order valence-electron chi connectivity index (χ0n) is 15.8. The molecular weight excluding hydrogens is 348 g/mol. The molecule has 2 fully saturated rings. The van der Waals surface area contributed by atoms with Gasteiger partial charge in [-0.3, -0.25) is 9.69 Å². The van der Waals surface area contributed by atoms with Crippen LogP contribution in [0.15, 0.2) is 5.38 Å². The monoisotopic (exact) mass is 380 g/mol. The first-order valence-electron chi connectivity index (χ1n) is 9.92. The van der Waals surface area contributed by atoms with E-state index in [1.54, 1.807) is 11.3 Å². The van der Waals surface area contributed by atoms with Gasteiger partial charge in [-0.1, -0.05) is 6.92 Å². The number of likely N-dealkylation sites (tertiary alicyclic amines) is 1. The lowest BCUT2D eigenvalue weighted by molar-refractivity contribution is -0.124. The third-order valence-corrected chi connectivity index (χ3v) is 6.68. The van der Waals surface area contributed by atoms with E-state index >= 15 is 0 Å². The lowest BCUT2D eigenvalue weighted by Gasteiger charge is -2.32. The van der Waals surface area contributed by atoms with Crippen molar-refractivity contribution in [2.24, 2.45) is 17.6 Å². The summed E-state index contributed by atoms with van der Waals surface area (Å²) in [6.07, 6.45) is 5.05. The maximum atomic E-state index is 12.3. The highest BCUT2D eigenvalue weighted by Crippen LogP contribution is 2.21. The Morgan fingerprint density at radius 3 is 2.77 bits per heavy atom. The minimum atomic E-state index is -0.392. The number of nitrogens with two attached hydrogens (primary N) is 1. The number of amides is 1. The van der Waals surface area contributed by atoms with Crippen LogP contribution in [0, 0.1) is 11.8 Å². The van der Waals surface area contributed by atoms with Crippen LogP contribution in [0.2, 0.25) is 0 Å². The molecule has 6 nitrogen and oxygen atoms in total. The number of piperidine rings is 1. The summed E-state index contributed by atoms with van der Waals surface area (Å²) in [7, 11) is 0. The number of hydrogen-bond acceptors (Lipinski definition) is 6. The Hall–Kier alpha value is -1.02. The molecule has 0 saturated carbocycles. The number of ether oxygens (including phenoxy) is 1. The van der Waals surface area contributed by atoms with E-state index in [-0.39, 0.29) is 11.8 Å². The normalized spacial score (nSPS) is 21.6. The first kappa shape index (κ1) is 19.7. The average Bonchev–Trinajstić information content (AvgIpc) is 3.15. The van der Waals surface area contributed by atoms with Crippen molar-refractivity contribution in [2.75, 3.05) is 32.8 Å². The Kier molecular flexibility index (Phi) is 7.42. The molecule has 1 aromatic heterocycles. The molecule has 2 aliphatic heterocycles. The molecule has 7 heteroatoms. The number of hydrogen-bond donors (Lipinski definition) is 2. The number of nitrogens with zero attached hydrogens (tertiary/aromatic N) is 2. The van der Waals surface area contributed by atoms with Gasteiger partial charge in [-0.05, 0) is 57.0 Å². The molecule has 1 amide bonds. The van der Waals surface area contributed by atoms with Gasteiger partial charge in [0, 0.05) is 31.7 Å². The van der Waals surface area contributed by atoms with Crippen LogP contribution in [-0.2, 0) is 22.5 Å². The summed E-state index contributed by atoms with van der Waals surface area (Å²) in [4.78, 5) is 19.5. The fourth-order valence-electron chi connectivity index (χ4n) is 3.81. The topological polar surface area (TPSA) is 80.5 Å². The van der Waals surface area contributed by atoms with Crippen molar-refractivity contribution in [1.29, 1.82) is 0 Å². The first-order valence-corrected chi connectivity index (χ1v) is 10.8. The Bertz CT molecular complexity index is 566. The third-order valence-electron chi connectivity index (χ3n) is 5.64. The van der Waals surface area contributed by atoms with E-state index in [1.165, 1.54) is 10.7 Å². The SMILES string of the molecule is CCc1nc(CN2CCC(CNC(=O)C(N)C3CCOCC3)CC2)cs1. The van der Waals surface area contributed by atoms with Crippen LogP contribution in [-0.4, -0.2) is 54.7 Å². The summed E-state index contributed by atoms with van der Waals surface area (Å²) in [5.41, 5.74) is 7.34. The fourth-order valence-corrected chi connectivity index (χ4v) is 4.55. The van der Waals surface area contributed by atoms with Gasteiger partial charge in [0.05, 0.1) is 16.7 Å². The molecule has 2 saturated heterocycles. The van der Waals surface area contributed by atoms with Crippen LogP contribution in [0.4, 0.5) is 0 Å². The molecule has 0 aromatic carbocycles. The van der Waals surface area contributed by atoms with Gasteiger partial charge in [0.15, 0.2) is 0 Å². The van der Waals surface area contributed by atoms with Gasteiger partial charge in [0.25, 0.3) is 0 Å². The molecule has 3 rings (SSSR count). The molecule has 0 spiro atoms. The molecule has 1 aromatic rings. The number of carbonyl (C=O) groups is 1. The number of rotatable bonds is 7. The predicted octanol–water partition coefficient (Wildman–Crippen LogP) is 1.79. The number of nitrogens with one attached hydrogen (secondary N) is 1. The van der Waals surface area contributed by atoms with E-state index in [2.05, 4.69) is 27.5 Å². The molecule has 26 heavy (non-hydrogen) atoms. The lowest BCUT2D eigenvalue weighted by Crippen LogP contribution is -2.48. The van der Waals surface area contributed by atoms with Crippen molar-refractivity contribution in [3.8, 4) is 0 Å². The maximum Gasteiger partial charge on any atom is 0.237 e. The molecule has 1 atom stereocenters. The zero-order chi connectivity index (χ0) is 18.4. The van der Waals surface area contributed by atoms with Crippen molar-refractivity contribution >= 4 is 17.2 Å². The minimum absolute atomic E-state index is 0.00824. The molecule has 3 N–H and O–H groups in total. The number of carbonyl (C=O) groups excluding carboxylic acids is 1. The highest BCUT2D eigenvalue weighted by atomic mass is 32.1. The van der Waals surface area contributed by atoms with E-state index in [1.807, 2.05) is 0 Å². The van der Waals surface area contributed by atoms with E-state index < -0.39 is 6.04 Å². The smallest absolute Gasteiger partial charge is 0.237 e. The number of thiazole rings is 1. The largest absolute Gasteiger partial charge is 0.381 e. The summed E-state index contributed by atoms with van der Waals surface area (Å²) in [6.45, 7) is 7.45. The number of aromatic nitrogens is 1. The van der Waals surface area contributed by atoms with Crippen LogP contribution in [0.1, 0.15) is 43.3 Å². The van der Waals surface area contributed by atoms with Gasteiger partial charge in [-0.15, -0.1) is 11.3 Å². The van der Waals surface area contributed by atoms with E-state index in [9.17, 15) is 4.79 Å². The lowest BCUT2D eigenvalue weighted by atomic mass is 9.91. The molecule has 146 valence electrons. The van der Waals surface area contributed by atoms with Crippen molar-refractivity contribution in [2.45, 2.75) is 51.6 Å². The summed E-state index contributed by atoms with van der Waals surface area (Å²) in [6, 6.07) is -0.392. The third kappa shape index (κ3) is 5.49.